The lowest BCUT2D eigenvalue weighted by atomic mass is 10.3. The van der Waals surface area contributed by atoms with Crippen LogP contribution in [0.2, 0.25) is 5.02 Å². The Labute approximate surface area is 170 Å². The van der Waals surface area contributed by atoms with E-state index in [1.807, 2.05) is 30.8 Å². The van der Waals surface area contributed by atoms with Gasteiger partial charge in [-0.15, -0.1) is 21.5 Å². The minimum absolute atomic E-state index is 0.128. The molecule has 2 aromatic heterocycles. The standard InChI is InChI=1S/C17H18ClN5O2S2/c1-10-9-26-16(19-10)20-15(24)11(2)27-17-22-21-14(23(17)3)8-25-13-6-4-12(18)5-7-13/h4-7,9,11H,8H2,1-3H3,(H,19,20,24). The number of thioether (sulfide) groups is 1. The highest BCUT2D eigenvalue weighted by Crippen LogP contribution is 2.24. The molecule has 1 atom stereocenters. The van der Waals surface area contributed by atoms with E-state index in [2.05, 4.69) is 20.5 Å². The lowest BCUT2D eigenvalue weighted by molar-refractivity contribution is -0.115. The molecule has 1 aromatic carbocycles. The summed E-state index contributed by atoms with van der Waals surface area (Å²) in [6.07, 6.45) is 0. The maximum Gasteiger partial charge on any atom is 0.239 e. The Kier molecular flexibility index (Phi) is 6.35. The number of amides is 1. The van der Waals surface area contributed by atoms with Crippen LogP contribution in [0, 0.1) is 6.92 Å². The van der Waals surface area contributed by atoms with Gasteiger partial charge in [0.2, 0.25) is 5.91 Å². The van der Waals surface area contributed by atoms with Crippen LogP contribution < -0.4 is 10.1 Å². The second kappa shape index (κ2) is 8.73. The summed E-state index contributed by atoms with van der Waals surface area (Å²) in [7, 11) is 1.84. The molecule has 0 saturated heterocycles. The first-order valence-electron chi connectivity index (χ1n) is 8.08. The Morgan fingerprint density at radius 1 is 1.37 bits per heavy atom. The first-order chi connectivity index (χ1) is 12.9. The molecule has 142 valence electrons. The molecule has 0 aliphatic carbocycles. The van der Waals surface area contributed by atoms with E-state index in [-0.39, 0.29) is 17.8 Å². The minimum atomic E-state index is -0.345. The molecule has 2 heterocycles. The summed E-state index contributed by atoms with van der Waals surface area (Å²) in [5.74, 6) is 1.23. The number of hydrogen-bond donors (Lipinski definition) is 1. The summed E-state index contributed by atoms with van der Waals surface area (Å²) in [5, 5.41) is 14.6. The van der Waals surface area contributed by atoms with Crippen LogP contribution >= 0.6 is 34.7 Å². The zero-order valence-corrected chi connectivity index (χ0v) is 17.4. The van der Waals surface area contributed by atoms with Crippen LogP contribution in [-0.2, 0) is 18.4 Å². The molecule has 0 bridgehead atoms. The zero-order valence-electron chi connectivity index (χ0n) is 15.0. The van der Waals surface area contributed by atoms with Crippen LogP contribution in [0.3, 0.4) is 0 Å². The Hall–Kier alpha value is -2.10. The Bertz CT molecular complexity index is 926. The quantitative estimate of drug-likeness (QED) is 0.580. The van der Waals surface area contributed by atoms with Gasteiger partial charge in [-0.05, 0) is 38.1 Å². The first kappa shape index (κ1) is 19.7. The van der Waals surface area contributed by atoms with Crippen molar-refractivity contribution in [2.24, 2.45) is 7.05 Å². The Morgan fingerprint density at radius 2 is 2.11 bits per heavy atom. The van der Waals surface area contributed by atoms with Crippen LogP contribution in [0.15, 0.2) is 34.8 Å². The molecule has 10 heteroatoms. The summed E-state index contributed by atoms with van der Waals surface area (Å²) >= 11 is 8.60. The van der Waals surface area contributed by atoms with Gasteiger partial charge in [-0.25, -0.2) is 4.98 Å². The molecule has 0 saturated carbocycles. The summed E-state index contributed by atoms with van der Waals surface area (Å²) in [6.45, 7) is 3.97. The van der Waals surface area contributed by atoms with Gasteiger partial charge in [0.15, 0.2) is 16.1 Å². The van der Waals surface area contributed by atoms with Crippen molar-refractivity contribution in [2.45, 2.75) is 30.9 Å². The molecule has 1 N–H and O–H groups in total. The van der Waals surface area contributed by atoms with Crippen molar-refractivity contribution >= 4 is 45.7 Å². The van der Waals surface area contributed by atoms with Crippen LogP contribution in [0.1, 0.15) is 18.4 Å². The highest BCUT2D eigenvalue weighted by Gasteiger charge is 2.20. The van der Waals surface area contributed by atoms with Gasteiger partial charge in [0.1, 0.15) is 12.4 Å². The van der Waals surface area contributed by atoms with Gasteiger partial charge in [-0.3, -0.25) is 4.79 Å². The number of anilines is 1. The van der Waals surface area contributed by atoms with E-state index >= 15 is 0 Å². The molecule has 7 nitrogen and oxygen atoms in total. The van der Waals surface area contributed by atoms with Crippen molar-refractivity contribution in [2.75, 3.05) is 5.32 Å². The monoisotopic (exact) mass is 423 g/mol. The Balaban J connectivity index is 1.57. The van der Waals surface area contributed by atoms with Gasteiger partial charge in [0, 0.05) is 17.5 Å². The first-order valence-corrected chi connectivity index (χ1v) is 10.2. The van der Waals surface area contributed by atoms with Crippen molar-refractivity contribution in [3.8, 4) is 5.75 Å². The average molecular weight is 424 g/mol. The lowest BCUT2D eigenvalue weighted by Crippen LogP contribution is -2.22. The molecule has 3 aromatic rings. The van der Waals surface area contributed by atoms with E-state index in [4.69, 9.17) is 16.3 Å². The van der Waals surface area contributed by atoms with E-state index in [0.29, 0.717) is 26.9 Å². The smallest absolute Gasteiger partial charge is 0.239 e. The molecular weight excluding hydrogens is 406 g/mol. The molecule has 0 aliphatic heterocycles. The molecular formula is C17H18ClN5O2S2. The molecule has 27 heavy (non-hydrogen) atoms. The van der Waals surface area contributed by atoms with Crippen LogP contribution in [0.25, 0.3) is 0 Å². The predicted octanol–water partition coefficient (Wildman–Crippen LogP) is 3.93. The third kappa shape index (κ3) is 5.21. The van der Waals surface area contributed by atoms with Crippen molar-refractivity contribution in [1.29, 1.82) is 0 Å². The topological polar surface area (TPSA) is 81.9 Å². The molecule has 0 fully saturated rings. The zero-order chi connectivity index (χ0) is 19.4. The fraction of sp³-hybridized carbons (Fsp3) is 0.294. The highest BCUT2D eigenvalue weighted by atomic mass is 35.5. The second-order valence-electron chi connectivity index (χ2n) is 5.74. The second-order valence-corrected chi connectivity index (χ2v) is 8.35. The van der Waals surface area contributed by atoms with E-state index in [9.17, 15) is 4.79 Å². The highest BCUT2D eigenvalue weighted by molar-refractivity contribution is 8.00. The van der Waals surface area contributed by atoms with Crippen molar-refractivity contribution < 1.29 is 9.53 Å². The molecule has 1 amide bonds. The van der Waals surface area contributed by atoms with Crippen LogP contribution in [-0.4, -0.2) is 30.9 Å². The predicted molar refractivity (Wildman–Crippen MR) is 108 cm³/mol. The molecule has 1 unspecified atom stereocenters. The largest absolute Gasteiger partial charge is 0.486 e. The van der Waals surface area contributed by atoms with E-state index in [1.165, 1.54) is 23.1 Å². The molecule has 3 rings (SSSR count). The van der Waals surface area contributed by atoms with Gasteiger partial charge in [-0.2, -0.15) is 0 Å². The SMILES string of the molecule is Cc1csc(NC(=O)C(C)Sc2nnc(COc3ccc(Cl)cc3)n2C)n1. The number of thiazole rings is 1. The lowest BCUT2D eigenvalue weighted by Gasteiger charge is -2.10. The molecule has 0 spiro atoms. The summed E-state index contributed by atoms with van der Waals surface area (Å²) < 4.78 is 7.51. The number of ether oxygens (including phenoxy) is 1. The summed E-state index contributed by atoms with van der Waals surface area (Å²) in [4.78, 5) is 16.6. The van der Waals surface area contributed by atoms with Crippen molar-refractivity contribution in [3.05, 3.63) is 46.2 Å². The number of hydrogen-bond acceptors (Lipinski definition) is 7. The average Bonchev–Trinajstić information content (AvgIpc) is 3.20. The van der Waals surface area contributed by atoms with Crippen molar-refractivity contribution in [1.82, 2.24) is 19.7 Å². The minimum Gasteiger partial charge on any atom is -0.486 e. The van der Waals surface area contributed by atoms with Gasteiger partial charge in [-0.1, -0.05) is 23.4 Å². The fourth-order valence-corrected chi connectivity index (χ4v) is 3.73. The van der Waals surface area contributed by atoms with Crippen LogP contribution in [0.5, 0.6) is 5.75 Å². The Morgan fingerprint density at radius 3 is 2.78 bits per heavy atom. The van der Waals surface area contributed by atoms with Gasteiger partial charge in [0.05, 0.1) is 10.9 Å². The number of nitrogens with one attached hydrogen (secondary N) is 1. The molecule has 0 aliphatic rings. The fourth-order valence-electron chi connectivity index (χ4n) is 2.08. The van der Waals surface area contributed by atoms with E-state index in [1.54, 1.807) is 24.3 Å². The van der Waals surface area contributed by atoms with E-state index < -0.39 is 0 Å². The maximum absolute atomic E-state index is 12.3. The number of benzene rings is 1. The number of carbonyl (C=O) groups excluding carboxylic acids is 1. The normalized spacial score (nSPS) is 12.0. The van der Waals surface area contributed by atoms with Gasteiger partial charge < -0.3 is 14.6 Å². The van der Waals surface area contributed by atoms with E-state index in [0.717, 1.165) is 5.69 Å². The van der Waals surface area contributed by atoms with Crippen molar-refractivity contribution in [3.63, 3.8) is 0 Å². The number of rotatable bonds is 7. The van der Waals surface area contributed by atoms with Gasteiger partial charge >= 0.3 is 0 Å². The number of nitrogens with zero attached hydrogens (tertiary/aromatic N) is 4. The van der Waals surface area contributed by atoms with Crippen LogP contribution in [0.4, 0.5) is 5.13 Å². The van der Waals surface area contributed by atoms with Gasteiger partial charge in [0.25, 0.3) is 0 Å². The third-order valence-electron chi connectivity index (χ3n) is 3.61. The number of aromatic nitrogens is 4. The third-order valence-corrected chi connectivity index (χ3v) is 5.87. The maximum atomic E-state index is 12.3. The number of carbonyl (C=O) groups is 1. The summed E-state index contributed by atoms with van der Waals surface area (Å²) in [5.41, 5.74) is 0.884. The number of halogens is 1. The summed E-state index contributed by atoms with van der Waals surface area (Å²) in [6, 6.07) is 7.11. The number of aryl methyl sites for hydroxylation is 1. The molecule has 0 radical (unpaired) electrons.